The van der Waals surface area contributed by atoms with Gasteiger partial charge >= 0.3 is 6.18 Å². The number of nitrogens with one attached hydrogen (secondary N) is 1. The maximum Gasteiger partial charge on any atom is 0.396 e. The van der Waals surface area contributed by atoms with Gasteiger partial charge in [0.1, 0.15) is 23.2 Å². The topological polar surface area (TPSA) is 97.8 Å². The Morgan fingerprint density at radius 1 is 1.48 bits per heavy atom. The molecule has 0 aromatic heterocycles. The number of aliphatic imine (C=N–C) groups is 2. The normalized spacial score (nSPS) is 13.4. The zero-order valence-electron chi connectivity index (χ0n) is 12.8. The van der Waals surface area contributed by atoms with E-state index in [0.29, 0.717) is 6.21 Å². The number of para-hydroxylation sites is 1. The molecule has 6 nitrogen and oxygen atoms in total. The number of phenolic OH excluding ortho intramolecular Hbond substituents is 1. The molecule has 1 aromatic carbocycles. The fourth-order valence-corrected chi connectivity index (χ4v) is 1.35. The van der Waals surface area contributed by atoms with Crippen LogP contribution in [-0.2, 0) is 4.79 Å². The first-order chi connectivity index (χ1) is 11.6. The van der Waals surface area contributed by atoms with E-state index >= 15 is 0 Å². The van der Waals surface area contributed by atoms with Crippen LogP contribution in [0.15, 0.2) is 40.5 Å². The maximum atomic E-state index is 13.5. The molecule has 1 aromatic rings. The van der Waals surface area contributed by atoms with Crippen molar-refractivity contribution >= 4 is 23.6 Å². The molecule has 0 fully saturated rings. The zero-order chi connectivity index (χ0) is 19.2. The maximum absolute atomic E-state index is 13.5. The van der Waals surface area contributed by atoms with Crippen LogP contribution in [0.4, 0.5) is 23.2 Å². The quantitative estimate of drug-likeness (QED) is 0.285. The molecule has 0 radical (unpaired) electrons. The summed E-state index contributed by atoms with van der Waals surface area (Å²) in [6.07, 6.45) is -4.09. The highest BCUT2D eigenvalue weighted by Gasteiger charge is 2.34. The lowest BCUT2D eigenvalue weighted by Gasteiger charge is -2.09. The largest absolute Gasteiger partial charge is 0.506 e. The van der Waals surface area contributed by atoms with Crippen LogP contribution in [0.25, 0.3) is 0 Å². The molecule has 25 heavy (non-hydrogen) atoms. The number of alkyl halides is 3. The number of benzene rings is 1. The first-order valence-electron chi connectivity index (χ1n) is 6.63. The number of amidine groups is 1. The van der Waals surface area contributed by atoms with Gasteiger partial charge in [-0.15, -0.1) is 0 Å². The van der Waals surface area contributed by atoms with Crippen LogP contribution in [0, 0.1) is 23.1 Å². The van der Waals surface area contributed by atoms with Gasteiger partial charge in [-0.05, 0) is 19.1 Å². The minimum atomic E-state index is -4.54. The highest BCUT2D eigenvalue weighted by molar-refractivity contribution is 6.08. The van der Waals surface area contributed by atoms with Crippen molar-refractivity contribution < 1.29 is 27.5 Å². The average molecular weight is 356 g/mol. The van der Waals surface area contributed by atoms with Crippen molar-refractivity contribution in [2.75, 3.05) is 5.32 Å². The van der Waals surface area contributed by atoms with Crippen molar-refractivity contribution in [1.82, 2.24) is 0 Å². The minimum absolute atomic E-state index is 0.454. The molecule has 1 amide bonds. The van der Waals surface area contributed by atoms with Crippen LogP contribution < -0.4 is 5.32 Å². The second-order valence-corrected chi connectivity index (χ2v) is 4.69. The van der Waals surface area contributed by atoms with Gasteiger partial charge in [0.15, 0.2) is 5.82 Å². The first-order valence-corrected chi connectivity index (χ1v) is 6.63. The Morgan fingerprint density at radius 3 is 2.64 bits per heavy atom. The molecule has 10 heteroatoms. The molecule has 0 spiro atoms. The van der Waals surface area contributed by atoms with E-state index in [-0.39, 0.29) is 0 Å². The summed E-state index contributed by atoms with van der Waals surface area (Å²) in [5.41, 5.74) is -1.15. The molecule has 0 saturated carbocycles. The van der Waals surface area contributed by atoms with E-state index in [1.165, 1.54) is 12.1 Å². The Labute approximate surface area is 139 Å². The molecule has 0 saturated heterocycles. The molecular formula is C15H12F4N4O2. The summed E-state index contributed by atoms with van der Waals surface area (Å²) in [5.74, 6) is -5.23. The first kappa shape index (κ1) is 19.8. The Morgan fingerprint density at radius 2 is 2.12 bits per heavy atom. The van der Waals surface area contributed by atoms with E-state index in [1.54, 1.807) is 0 Å². The van der Waals surface area contributed by atoms with Gasteiger partial charge in [0.05, 0.1) is 5.92 Å². The lowest BCUT2D eigenvalue weighted by molar-refractivity contribution is -0.149. The number of hydrogen-bond acceptors (Lipinski definition) is 4. The Kier molecular flexibility index (Phi) is 6.38. The van der Waals surface area contributed by atoms with E-state index < -0.39 is 46.8 Å². The van der Waals surface area contributed by atoms with Crippen LogP contribution in [0.5, 0.6) is 5.75 Å². The standard InChI is InChI=1S/C15H12F4N4O2/c1-8(15(17,18)19)7-21-12(6-20)22-9(2)14(25)23-13-10(16)4-3-5-11(13)24/h3-5,7-8,24H,2H2,1H3,(H,23,25)/b21-7-,22-12-. The predicted molar refractivity (Wildman–Crippen MR) is 82.6 cm³/mol. The van der Waals surface area contributed by atoms with E-state index in [2.05, 4.69) is 16.6 Å². The number of nitriles is 1. The van der Waals surface area contributed by atoms with Crippen LogP contribution >= 0.6 is 0 Å². The summed E-state index contributed by atoms with van der Waals surface area (Å²) < 4.78 is 50.6. The Bertz CT molecular complexity index is 758. The SMILES string of the molecule is C=C(/N=C(C#N)\N=C/C(C)C(F)(F)F)C(=O)Nc1c(O)cccc1F. The molecule has 132 valence electrons. The zero-order valence-corrected chi connectivity index (χ0v) is 12.8. The Hall–Kier alpha value is -3.22. The summed E-state index contributed by atoms with van der Waals surface area (Å²) in [6.45, 7) is 4.04. The summed E-state index contributed by atoms with van der Waals surface area (Å²) in [6, 6.07) is 4.70. The van der Waals surface area contributed by atoms with Crippen molar-refractivity contribution in [1.29, 1.82) is 5.26 Å². The monoisotopic (exact) mass is 356 g/mol. The number of nitrogens with zero attached hydrogens (tertiary/aromatic N) is 3. The van der Waals surface area contributed by atoms with Crippen molar-refractivity contribution in [3.8, 4) is 11.8 Å². The van der Waals surface area contributed by atoms with E-state index in [9.17, 15) is 27.5 Å². The second-order valence-electron chi connectivity index (χ2n) is 4.69. The number of phenols is 1. The molecule has 1 rings (SSSR count). The fourth-order valence-electron chi connectivity index (χ4n) is 1.35. The van der Waals surface area contributed by atoms with E-state index in [1.807, 2.05) is 5.32 Å². The molecule has 0 aliphatic carbocycles. The highest BCUT2D eigenvalue weighted by atomic mass is 19.4. The molecule has 0 heterocycles. The Balaban J connectivity index is 2.90. The van der Waals surface area contributed by atoms with E-state index in [0.717, 1.165) is 19.1 Å². The molecular weight excluding hydrogens is 344 g/mol. The van der Waals surface area contributed by atoms with Gasteiger partial charge in [0, 0.05) is 6.21 Å². The lowest BCUT2D eigenvalue weighted by atomic mass is 10.2. The fraction of sp³-hybridized carbons (Fsp3) is 0.200. The summed E-state index contributed by atoms with van der Waals surface area (Å²) in [5, 5.41) is 20.3. The third-order valence-corrected chi connectivity index (χ3v) is 2.77. The van der Waals surface area contributed by atoms with Gasteiger partial charge < -0.3 is 10.4 Å². The van der Waals surface area contributed by atoms with Crippen LogP contribution in [0.1, 0.15) is 6.92 Å². The van der Waals surface area contributed by atoms with Crippen LogP contribution in [-0.4, -0.2) is 29.2 Å². The number of rotatable bonds is 4. The van der Waals surface area contributed by atoms with Gasteiger partial charge in [-0.25, -0.2) is 14.4 Å². The third-order valence-electron chi connectivity index (χ3n) is 2.77. The molecule has 1 unspecified atom stereocenters. The lowest BCUT2D eigenvalue weighted by Crippen LogP contribution is -2.21. The number of amides is 1. The number of halogens is 4. The van der Waals surface area contributed by atoms with Gasteiger partial charge in [0.2, 0.25) is 5.84 Å². The van der Waals surface area contributed by atoms with Crippen LogP contribution in [0.2, 0.25) is 0 Å². The predicted octanol–water partition coefficient (Wildman–Crippen LogP) is 3.17. The number of anilines is 1. The van der Waals surface area contributed by atoms with Gasteiger partial charge in [-0.2, -0.15) is 18.4 Å². The third kappa shape index (κ3) is 5.72. The number of carbonyl (C=O) groups excluding carboxylic acids is 1. The average Bonchev–Trinajstić information content (AvgIpc) is 2.53. The minimum Gasteiger partial charge on any atom is -0.506 e. The van der Waals surface area contributed by atoms with Crippen LogP contribution in [0.3, 0.4) is 0 Å². The van der Waals surface area contributed by atoms with Crippen molar-refractivity contribution in [2.24, 2.45) is 15.9 Å². The van der Waals surface area contributed by atoms with Crippen molar-refractivity contribution in [3.63, 3.8) is 0 Å². The smallest absolute Gasteiger partial charge is 0.396 e. The number of carbonyl (C=O) groups is 1. The number of hydrogen-bond donors (Lipinski definition) is 2. The van der Waals surface area contributed by atoms with Gasteiger partial charge in [-0.1, -0.05) is 12.6 Å². The molecule has 2 N–H and O–H groups in total. The molecule has 0 bridgehead atoms. The second kappa shape index (κ2) is 8.05. The summed E-state index contributed by atoms with van der Waals surface area (Å²) >= 11 is 0. The van der Waals surface area contributed by atoms with Gasteiger partial charge in [0.25, 0.3) is 5.91 Å². The molecule has 1 atom stereocenters. The molecule has 0 aliphatic heterocycles. The number of aromatic hydroxyl groups is 1. The summed E-state index contributed by atoms with van der Waals surface area (Å²) in [7, 11) is 0. The van der Waals surface area contributed by atoms with Crippen molar-refractivity contribution in [3.05, 3.63) is 36.3 Å². The summed E-state index contributed by atoms with van der Waals surface area (Å²) in [4.78, 5) is 18.5. The highest BCUT2D eigenvalue weighted by Crippen LogP contribution is 2.26. The van der Waals surface area contributed by atoms with Gasteiger partial charge in [-0.3, -0.25) is 4.79 Å². The van der Waals surface area contributed by atoms with E-state index in [4.69, 9.17) is 5.26 Å². The molecule has 0 aliphatic rings. The van der Waals surface area contributed by atoms with Crippen molar-refractivity contribution in [2.45, 2.75) is 13.1 Å².